The highest BCUT2D eigenvalue weighted by Crippen LogP contribution is 1.92. The van der Waals surface area contributed by atoms with E-state index in [1.807, 2.05) is 0 Å². The Morgan fingerprint density at radius 3 is 2.43 bits per heavy atom. The first kappa shape index (κ1) is 13.4. The van der Waals surface area contributed by atoms with Crippen LogP contribution in [0.1, 0.15) is 32.6 Å². The minimum Gasteiger partial charge on any atom is -0.356 e. The van der Waals surface area contributed by atoms with Gasteiger partial charge in [0.15, 0.2) is 0 Å². The summed E-state index contributed by atoms with van der Waals surface area (Å²) in [6.45, 7) is 2.74. The molecule has 0 aromatic rings. The van der Waals surface area contributed by atoms with E-state index in [4.69, 9.17) is 0 Å². The van der Waals surface area contributed by atoms with E-state index in [0.717, 1.165) is 25.5 Å². The Morgan fingerprint density at radius 1 is 1.29 bits per heavy atom. The average Bonchev–Trinajstić information content (AvgIpc) is 2.08. The van der Waals surface area contributed by atoms with Crippen LogP contribution < -0.4 is 5.32 Å². The monoisotopic (exact) mass is 221 g/mol. The van der Waals surface area contributed by atoms with Crippen molar-refractivity contribution < 1.29 is 13.2 Å². The number of nitrogens with one attached hydrogen (secondary N) is 1. The van der Waals surface area contributed by atoms with Crippen LogP contribution in [-0.4, -0.2) is 32.9 Å². The molecule has 0 unspecified atom stereocenters. The molecule has 0 atom stereocenters. The molecule has 5 heteroatoms. The molecule has 0 aromatic heterocycles. The molecule has 0 saturated carbocycles. The first-order chi connectivity index (χ1) is 6.45. The number of hydrogen-bond donors (Lipinski definition) is 1. The maximum atomic E-state index is 11.1. The second-order valence-electron chi connectivity index (χ2n) is 3.44. The molecule has 84 valence electrons. The standard InChI is InChI=1S/C9H19NO3S/c1-3-4-5-7-10-9(11)6-8-14(2,12)13/h3-8H2,1-2H3,(H,10,11). The molecule has 0 bridgehead atoms. The lowest BCUT2D eigenvalue weighted by Gasteiger charge is -2.03. The third-order valence-electron chi connectivity index (χ3n) is 1.80. The zero-order valence-electron chi connectivity index (χ0n) is 8.88. The fraction of sp³-hybridized carbons (Fsp3) is 0.889. The first-order valence-corrected chi connectivity index (χ1v) is 6.96. The molecule has 1 N–H and O–H groups in total. The highest BCUT2D eigenvalue weighted by Gasteiger charge is 2.06. The largest absolute Gasteiger partial charge is 0.356 e. The van der Waals surface area contributed by atoms with Gasteiger partial charge in [-0.3, -0.25) is 4.79 Å². The van der Waals surface area contributed by atoms with Crippen LogP contribution in [0.25, 0.3) is 0 Å². The molecule has 0 aromatic carbocycles. The minimum absolute atomic E-state index is 0.0629. The van der Waals surface area contributed by atoms with Crippen LogP contribution >= 0.6 is 0 Å². The Bertz CT molecular complexity index is 259. The molecule has 1 amide bonds. The van der Waals surface area contributed by atoms with Crippen LogP contribution in [0.5, 0.6) is 0 Å². The highest BCUT2D eigenvalue weighted by atomic mass is 32.2. The fourth-order valence-electron chi connectivity index (χ4n) is 0.969. The van der Waals surface area contributed by atoms with Gasteiger partial charge in [0.25, 0.3) is 0 Å². The van der Waals surface area contributed by atoms with Crippen molar-refractivity contribution in [1.82, 2.24) is 5.32 Å². The third kappa shape index (κ3) is 9.51. The van der Waals surface area contributed by atoms with Crippen molar-refractivity contribution in [3.8, 4) is 0 Å². The number of hydrogen-bond acceptors (Lipinski definition) is 3. The number of carbonyl (C=O) groups is 1. The van der Waals surface area contributed by atoms with Gasteiger partial charge in [0.1, 0.15) is 9.84 Å². The summed E-state index contributed by atoms with van der Waals surface area (Å²) in [5.74, 6) is -0.237. The van der Waals surface area contributed by atoms with Gasteiger partial charge in [0.05, 0.1) is 5.75 Å². The van der Waals surface area contributed by atoms with Crippen LogP contribution in [0.4, 0.5) is 0 Å². The molecule has 0 aliphatic rings. The summed E-state index contributed by atoms with van der Waals surface area (Å²) in [5, 5.41) is 2.69. The maximum Gasteiger partial charge on any atom is 0.221 e. The van der Waals surface area contributed by atoms with E-state index >= 15 is 0 Å². The van der Waals surface area contributed by atoms with Crippen LogP contribution in [0, 0.1) is 0 Å². The summed E-state index contributed by atoms with van der Waals surface area (Å²) < 4.78 is 21.5. The normalized spacial score (nSPS) is 11.3. The number of amides is 1. The second kappa shape index (κ2) is 6.81. The molecule has 0 heterocycles. The van der Waals surface area contributed by atoms with Crippen molar-refractivity contribution in [1.29, 1.82) is 0 Å². The Balaban J connectivity index is 3.47. The molecular weight excluding hydrogens is 202 g/mol. The Labute approximate surface area is 86.0 Å². The molecule has 0 rings (SSSR count). The molecule has 14 heavy (non-hydrogen) atoms. The van der Waals surface area contributed by atoms with Gasteiger partial charge in [0, 0.05) is 19.2 Å². The minimum atomic E-state index is -3.02. The van der Waals surface area contributed by atoms with Crippen LogP contribution in [-0.2, 0) is 14.6 Å². The van der Waals surface area contributed by atoms with E-state index in [0.29, 0.717) is 6.54 Å². The molecule has 4 nitrogen and oxygen atoms in total. The first-order valence-electron chi connectivity index (χ1n) is 4.90. The summed E-state index contributed by atoms with van der Waals surface area (Å²) in [6.07, 6.45) is 4.37. The quantitative estimate of drug-likeness (QED) is 0.645. The zero-order valence-corrected chi connectivity index (χ0v) is 9.69. The van der Waals surface area contributed by atoms with Crippen molar-refractivity contribution in [2.45, 2.75) is 32.6 Å². The molecule has 0 fully saturated rings. The molecule has 0 aliphatic carbocycles. The van der Waals surface area contributed by atoms with E-state index in [1.54, 1.807) is 0 Å². The maximum absolute atomic E-state index is 11.1. The van der Waals surface area contributed by atoms with Gasteiger partial charge in [-0.1, -0.05) is 19.8 Å². The van der Waals surface area contributed by atoms with Gasteiger partial charge in [-0.05, 0) is 6.42 Å². The van der Waals surface area contributed by atoms with Gasteiger partial charge < -0.3 is 5.32 Å². The lowest BCUT2D eigenvalue weighted by molar-refractivity contribution is -0.120. The predicted molar refractivity (Wildman–Crippen MR) is 56.9 cm³/mol. The number of unbranched alkanes of at least 4 members (excludes halogenated alkanes) is 2. The third-order valence-corrected chi connectivity index (χ3v) is 2.75. The van der Waals surface area contributed by atoms with Crippen molar-refractivity contribution in [3.63, 3.8) is 0 Å². The molecule has 0 saturated heterocycles. The van der Waals surface area contributed by atoms with Crippen molar-refractivity contribution in [3.05, 3.63) is 0 Å². The van der Waals surface area contributed by atoms with E-state index in [9.17, 15) is 13.2 Å². The van der Waals surface area contributed by atoms with E-state index in [-0.39, 0.29) is 18.1 Å². The number of carbonyl (C=O) groups excluding carboxylic acids is 1. The average molecular weight is 221 g/mol. The van der Waals surface area contributed by atoms with E-state index in [2.05, 4.69) is 12.2 Å². The Kier molecular flexibility index (Phi) is 6.53. The van der Waals surface area contributed by atoms with Gasteiger partial charge in [-0.2, -0.15) is 0 Å². The second-order valence-corrected chi connectivity index (χ2v) is 5.70. The molecule has 0 radical (unpaired) electrons. The topological polar surface area (TPSA) is 63.2 Å². The van der Waals surface area contributed by atoms with Gasteiger partial charge in [-0.25, -0.2) is 8.42 Å². The van der Waals surface area contributed by atoms with Gasteiger partial charge in [0.2, 0.25) is 5.91 Å². The van der Waals surface area contributed by atoms with E-state index in [1.165, 1.54) is 0 Å². The van der Waals surface area contributed by atoms with Crippen LogP contribution in [0.2, 0.25) is 0 Å². The summed E-state index contributed by atoms with van der Waals surface area (Å²) >= 11 is 0. The predicted octanol–water partition coefficient (Wildman–Crippen LogP) is 0.728. The fourth-order valence-corrected chi connectivity index (χ4v) is 1.53. The molecule has 0 aliphatic heterocycles. The van der Waals surface area contributed by atoms with Crippen LogP contribution in [0.15, 0.2) is 0 Å². The number of sulfone groups is 1. The Hall–Kier alpha value is -0.580. The summed E-state index contributed by atoms with van der Waals surface area (Å²) in [5.41, 5.74) is 0. The van der Waals surface area contributed by atoms with E-state index < -0.39 is 9.84 Å². The summed E-state index contributed by atoms with van der Waals surface area (Å²) in [7, 11) is -3.02. The lowest BCUT2D eigenvalue weighted by atomic mass is 10.2. The zero-order chi connectivity index (χ0) is 11.0. The number of rotatable bonds is 7. The van der Waals surface area contributed by atoms with Crippen LogP contribution in [0.3, 0.4) is 0 Å². The highest BCUT2D eigenvalue weighted by molar-refractivity contribution is 7.90. The summed E-state index contributed by atoms with van der Waals surface area (Å²) in [4.78, 5) is 11.1. The smallest absolute Gasteiger partial charge is 0.221 e. The SMILES string of the molecule is CCCCCNC(=O)CCS(C)(=O)=O. The van der Waals surface area contributed by atoms with Crippen molar-refractivity contribution in [2.75, 3.05) is 18.6 Å². The molecular formula is C9H19NO3S. The Morgan fingerprint density at radius 2 is 1.93 bits per heavy atom. The lowest BCUT2D eigenvalue weighted by Crippen LogP contribution is -2.26. The molecule has 0 spiro atoms. The van der Waals surface area contributed by atoms with Crippen molar-refractivity contribution >= 4 is 15.7 Å². The van der Waals surface area contributed by atoms with Crippen molar-refractivity contribution in [2.24, 2.45) is 0 Å². The van der Waals surface area contributed by atoms with Gasteiger partial charge >= 0.3 is 0 Å². The van der Waals surface area contributed by atoms with Gasteiger partial charge in [-0.15, -0.1) is 0 Å². The summed E-state index contributed by atoms with van der Waals surface area (Å²) in [6, 6.07) is 0.